The first kappa shape index (κ1) is 9.01. The van der Waals surface area contributed by atoms with Crippen LogP contribution in [-0.4, -0.2) is 34.7 Å². The molecule has 1 aliphatic heterocycles. The fourth-order valence-electron chi connectivity index (χ4n) is 1.88. The molecule has 1 rings (SSSR count). The molecule has 0 amide bonds. The molecule has 3 unspecified atom stereocenters. The average molecular weight is 157 g/mol. The fraction of sp³-hybridized carbons (Fsp3) is 1.00. The van der Waals surface area contributed by atoms with Gasteiger partial charge in [-0.25, -0.2) is 0 Å². The number of hydrogen-bond donors (Lipinski definition) is 1. The maximum atomic E-state index is 9.37. The van der Waals surface area contributed by atoms with E-state index < -0.39 is 0 Å². The van der Waals surface area contributed by atoms with Crippen molar-refractivity contribution in [3.63, 3.8) is 0 Å². The summed E-state index contributed by atoms with van der Waals surface area (Å²) in [5.41, 5.74) is 0. The Morgan fingerprint density at radius 2 is 2.27 bits per heavy atom. The molecule has 2 heteroatoms. The Hall–Kier alpha value is -0.0800. The van der Waals surface area contributed by atoms with Crippen LogP contribution < -0.4 is 0 Å². The molecule has 1 fully saturated rings. The Balaban J connectivity index is 2.45. The van der Waals surface area contributed by atoms with E-state index in [9.17, 15) is 5.11 Å². The molecule has 1 N–H and O–H groups in total. The Labute approximate surface area is 69.2 Å². The van der Waals surface area contributed by atoms with Gasteiger partial charge in [-0.1, -0.05) is 6.92 Å². The Kier molecular flexibility index (Phi) is 2.90. The third-order valence-corrected chi connectivity index (χ3v) is 2.76. The van der Waals surface area contributed by atoms with Gasteiger partial charge < -0.3 is 5.11 Å². The third kappa shape index (κ3) is 1.94. The van der Waals surface area contributed by atoms with Crippen LogP contribution in [0.1, 0.15) is 33.6 Å². The van der Waals surface area contributed by atoms with Crippen molar-refractivity contribution in [1.82, 2.24) is 4.90 Å². The van der Waals surface area contributed by atoms with Gasteiger partial charge in [-0.15, -0.1) is 0 Å². The molecule has 0 saturated carbocycles. The van der Waals surface area contributed by atoms with Gasteiger partial charge in [-0.05, 0) is 26.7 Å². The highest BCUT2D eigenvalue weighted by Crippen LogP contribution is 2.20. The maximum absolute atomic E-state index is 9.37. The minimum Gasteiger partial charge on any atom is -0.392 e. The molecule has 0 bridgehead atoms. The molecule has 11 heavy (non-hydrogen) atoms. The second-order valence-corrected chi connectivity index (χ2v) is 3.69. The van der Waals surface area contributed by atoms with E-state index in [0.717, 1.165) is 13.0 Å². The van der Waals surface area contributed by atoms with Gasteiger partial charge in [-0.3, -0.25) is 4.90 Å². The van der Waals surface area contributed by atoms with Crippen molar-refractivity contribution in [2.24, 2.45) is 0 Å². The standard InChI is InChI=1S/C9H19NO/c1-4-7(2)10-6-9(11)5-8(10)3/h7-9,11H,4-6H2,1-3H3. The number of hydrogen-bond acceptors (Lipinski definition) is 2. The number of nitrogens with zero attached hydrogens (tertiary/aromatic N) is 1. The molecule has 66 valence electrons. The van der Waals surface area contributed by atoms with E-state index in [1.807, 2.05) is 0 Å². The molecule has 0 spiro atoms. The van der Waals surface area contributed by atoms with Gasteiger partial charge >= 0.3 is 0 Å². The van der Waals surface area contributed by atoms with Gasteiger partial charge in [0.15, 0.2) is 0 Å². The van der Waals surface area contributed by atoms with E-state index in [1.165, 1.54) is 6.42 Å². The highest BCUT2D eigenvalue weighted by molar-refractivity contribution is 4.84. The molecule has 1 saturated heterocycles. The van der Waals surface area contributed by atoms with Crippen molar-refractivity contribution < 1.29 is 5.11 Å². The van der Waals surface area contributed by atoms with Gasteiger partial charge in [-0.2, -0.15) is 0 Å². The van der Waals surface area contributed by atoms with Gasteiger partial charge in [0.25, 0.3) is 0 Å². The minimum absolute atomic E-state index is 0.0843. The first-order valence-electron chi connectivity index (χ1n) is 4.59. The zero-order valence-electron chi connectivity index (χ0n) is 7.75. The molecule has 0 aromatic carbocycles. The first-order valence-corrected chi connectivity index (χ1v) is 4.59. The van der Waals surface area contributed by atoms with Crippen LogP contribution in [0.4, 0.5) is 0 Å². The van der Waals surface area contributed by atoms with Gasteiger partial charge in [0.2, 0.25) is 0 Å². The smallest absolute Gasteiger partial charge is 0.0682 e. The quantitative estimate of drug-likeness (QED) is 0.652. The van der Waals surface area contributed by atoms with Gasteiger partial charge in [0.1, 0.15) is 0 Å². The van der Waals surface area contributed by atoms with Gasteiger partial charge in [0, 0.05) is 18.6 Å². The molecular weight excluding hydrogens is 138 g/mol. The molecular formula is C9H19NO. The van der Waals surface area contributed by atoms with Crippen LogP contribution in [0.3, 0.4) is 0 Å². The molecule has 0 aromatic heterocycles. The number of rotatable bonds is 2. The normalized spacial score (nSPS) is 36.0. The SMILES string of the molecule is CCC(C)N1CC(O)CC1C. The summed E-state index contributed by atoms with van der Waals surface area (Å²) >= 11 is 0. The summed E-state index contributed by atoms with van der Waals surface area (Å²) in [6.07, 6.45) is 2.04. The highest BCUT2D eigenvalue weighted by atomic mass is 16.3. The average Bonchev–Trinajstić information content (AvgIpc) is 2.28. The summed E-state index contributed by atoms with van der Waals surface area (Å²) in [7, 11) is 0. The number of aliphatic hydroxyl groups excluding tert-OH is 1. The Bertz CT molecular complexity index is 123. The topological polar surface area (TPSA) is 23.5 Å². The molecule has 2 nitrogen and oxygen atoms in total. The molecule has 0 radical (unpaired) electrons. The monoisotopic (exact) mass is 157 g/mol. The van der Waals surface area contributed by atoms with Crippen LogP contribution in [0, 0.1) is 0 Å². The van der Waals surface area contributed by atoms with Crippen molar-refractivity contribution in [2.75, 3.05) is 6.54 Å². The van der Waals surface area contributed by atoms with Crippen molar-refractivity contribution in [3.05, 3.63) is 0 Å². The van der Waals surface area contributed by atoms with Gasteiger partial charge in [0.05, 0.1) is 6.10 Å². The summed E-state index contributed by atoms with van der Waals surface area (Å²) in [5.74, 6) is 0. The van der Waals surface area contributed by atoms with Crippen molar-refractivity contribution >= 4 is 0 Å². The van der Waals surface area contributed by atoms with E-state index in [4.69, 9.17) is 0 Å². The summed E-state index contributed by atoms with van der Waals surface area (Å²) in [6, 6.07) is 1.20. The number of β-amino-alcohol motifs (C(OH)–C–C–N with tert-alkyl or cyclic N) is 1. The van der Waals surface area contributed by atoms with E-state index in [-0.39, 0.29) is 6.10 Å². The van der Waals surface area contributed by atoms with E-state index >= 15 is 0 Å². The van der Waals surface area contributed by atoms with Crippen LogP contribution in [0.5, 0.6) is 0 Å². The predicted octanol–water partition coefficient (Wildman–Crippen LogP) is 1.24. The zero-order valence-corrected chi connectivity index (χ0v) is 7.75. The lowest BCUT2D eigenvalue weighted by atomic mass is 10.2. The lowest BCUT2D eigenvalue weighted by molar-refractivity contribution is 0.154. The largest absolute Gasteiger partial charge is 0.392 e. The highest BCUT2D eigenvalue weighted by Gasteiger charge is 2.29. The van der Waals surface area contributed by atoms with Crippen LogP contribution in [-0.2, 0) is 0 Å². The van der Waals surface area contributed by atoms with E-state index in [1.54, 1.807) is 0 Å². The van der Waals surface area contributed by atoms with Crippen LogP contribution in [0.25, 0.3) is 0 Å². The van der Waals surface area contributed by atoms with Crippen LogP contribution in [0.2, 0.25) is 0 Å². The first-order chi connectivity index (χ1) is 5.15. The summed E-state index contributed by atoms with van der Waals surface area (Å²) in [4.78, 5) is 2.39. The zero-order chi connectivity index (χ0) is 8.43. The van der Waals surface area contributed by atoms with Crippen molar-refractivity contribution in [1.29, 1.82) is 0 Å². The third-order valence-electron chi connectivity index (χ3n) is 2.76. The summed E-state index contributed by atoms with van der Waals surface area (Å²) in [6.45, 7) is 7.50. The molecule has 0 aliphatic carbocycles. The summed E-state index contributed by atoms with van der Waals surface area (Å²) < 4.78 is 0. The molecule has 1 aliphatic rings. The van der Waals surface area contributed by atoms with Crippen LogP contribution in [0.15, 0.2) is 0 Å². The summed E-state index contributed by atoms with van der Waals surface area (Å²) in [5, 5.41) is 9.37. The Morgan fingerprint density at radius 1 is 1.64 bits per heavy atom. The maximum Gasteiger partial charge on any atom is 0.0682 e. The lowest BCUT2D eigenvalue weighted by Crippen LogP contribution is -2.35. The van der Waals surface area contributed by atoms with E-state index in [0.29, 0.717) is 12.1 Å². The molecule has 3 atom stereocenters. The Morgan fingerprint density at radius 3 is 2.64 bits per heavy atom. The number of likely N-dealkylation sites (tertiary alicyclic amines) is 1. The van der Waals surface area contributed by atoms with E-state index in [2.05, 4.69) is 25.7 Å². The van der Waals surface area contributed by atoms with Crippen molar-refractivity contribution in [3.8, 4) is 0 Å². The fourth-order valence-corrected chi connectivity index (χ4v) is 1.88. The van der Waals surface area contributed by atoms with Crippen LogP contribution >= 0.6 is 0 Å². The number of aliphatic hydroxyl groups is 1. The second kappa shape index (κ2) is 3.55. The second-order valence-electron chi connectivity index (χ2n) is 3.69. The molecule has 0 aromatic rings. The van der Waals surface area contributed by atoms with Crippen molar-refractivity contribution in [2.45, 2.75) is 51.8 Å². The predicted molar refractivity (Wildman–Crippen MR) is 46.5 cm³/mol. The minimum atomic E-state index is -0.0843. The lowest BCUT2D eigenvalue weighted by Gasteiger charge is -2.27. The molecule has 1 heterocycles.